The van der Waals surface area contributed by atoms with Crippen molar-refractivity contribution in [1.82, 2.24) is 24.8 Å². The number of thioether (sulfide) groups is 1. The Morgan fingerprint density at radius 2 is 1.97 bits per heavy atom. The largest absolute Gasteiger partial charge is 0.355 e. The second-order valence-corrected chi connectivity index (χ2v) is 7.96. The molecule has 148 valence electrons. The predicted molar refractivity (Wildman–Crippen MR) is 117 cm³/mol. The molecule has 4 aromatic rings. The molecule has 0 saturated heterocycles. The minimum Gasteiger partial charge on any atom is -0.355 e. The number of hydrogen-bond donors (Lipinski definition) is 2. The third kappa shape index (κ3) is 4.68. The highest BCUT2D eigenvalue weighted by atomic mass is 32.2. The molecule has 29 heavy (non-hydrogen) atoms. The van der Waals surface area contributed by atoms with Gasteiger partial charge in [0.2, 0.25) is 5.91 Å². The standard InChI is InChI=1S/C22H23N5OS/c1-15-11-16(2)13-17(12-15)27-10-9-24-22(27)29-14-21(28)23-8-7-20-25-18-5-3-4-6-19(18)26-20/h3-6,9-13H,7-8,14H2,1-2H3,(H,23,28)(H,25,26). The lowest BCUT2D eigenvalue weighted by Crippen LogP contribution is -2.27. The number of hydrogen-bond acceptors (Lipinski definition) is 4. The van der Waals surface area contributed by atoms with Crippen LogP contribution in [0.15, 0.2) is 60.0 Å². The molecule has 1 amide bonds. The maximum absolute atomic E-state index is 12.3. The summed E-state index contributed by atoms with van der Waals surface area (Å²) < 4.78 is 2.02. The van der Waals surface area contributed by atoms with Crippen LogP contribution in [-0.4, -0.2) is 37.7 Å². The summed E-state index contributed by atoms with van der Waals surface area (Å²) in [4.78, 5) is 24.5. The third-order valence-electron chi connectivity index (χ3n) is 4.55. The monoisotopic (exact) mass is 405 g/mol. The van der Waals surface area contributed by atoms with E-state index in [0.29, 0.717) is 18.7 Å². The number of aryl methyl sites for hydroxylation is 2. The van der Waals surface area contributed by atoms with Crippen molar-refractivity contribution in [3.05, 3.63) is 71.8 Å². The minimum atomic E-state index is -0.0129. The average Bonchev–Trinajstić information content (AvgIpc) is 3.32. The van der Waals surface area contributed by atoms with Crippen molar-refractivity contribution < 1.29 is 4.79 Å². The molecule has 0 aliphatic heterocycles. The van der Waals surface area contributed by atoms with Gasteiger partial charge in [0.1, 0.15) is 5.82 Å². The first-order chi connectivity index (χ1) is 14.1. The molecule has 6 nitrogen and oxygen atoms in total. The number of imidazole rings is 2. The van der Waals surface area contributed by atoms with E-state index in [4.69, 9.17) is 0 Å². The summed E-state index contributed by atoms with van der Waals surface area (Å²) in [7, 11) is 0. The molecule has 2 N–H and O–H groups in total. The molecule has 2 heterocycles. The molecule has 0 aliphatic rings. The van der Waals surface area contributed by atoms with Crippen LogP contribution in [0.3, 0.4) is 0 Å². The molecule has 0 bridgehead atoms. The number of carbonyl (C=O) groups excluding carboxylic acids is 1. The van der Waals surface area contributed by atoms with Crippen molar-refractivity contribution in [3.8, 4) is 5.69 Å². The topological polar surface area (TPSA) is 75.6 Å². The van der Waals surface area contributed by atoms with E-state index in [0.717, 1.165) is 27.7 Å². The number of aromatic nitrogens is 4. The molecule has 0 atom stereocenters. The highest BCUT2D eigenvalue weighted by Crippen LogP contribution is 2.22. The third-order valence-corrected chi connectivity index (χ3v) is 5.51. The van der Waals surface area contributed by atoms with Crippen LogP contribution in [0.25, 0.3) is 16.7 Å². The van der Waals surface area contributed by atoms with Crippen LogP contribution in [0.1, 0.15) is 17.0 Å². The van der Waals surface area contributed by atoms with Gasteiger partial charge in [-0.3, -0.25) is 9.36 Å². The molecule has 0 aliphatic carbocycles. The fraction of sp³-hybridized carbons (Fsp3) is 0.227. The van der Waals surface area contributed by atoms with Crippen molar-refractivity contribution in [2.45, 2.75) is 25.4 Å². The maximum atomic E-state index is 12.3. The summed E-state index contributed by atoms with van der Waals surface area (Å²) in [5.74, 6) is 1.19. The van der Waals surface area contributed by atoms with E-state index >= 15 is 0 Å². The van der Waals surface area contributed by atoms with Crippen LogP contribution in [0.5, 0.6) is 0 Å². The quantitative estimate of drug-likeness (QED) is 0.459. The number of para-hydroxylation sites is 2. The lowest BCUT2D eigenvalue weighted by molar-refractivity contribution is -0.118. The first-order valence-electron chi connectivity index (χ1n) is 9.53. The van der Waals surface area contributed by atoms with Gasteiger partial charge < -0.3 is 10.3 Å². The van der Waals surface area contributed by atoms with Crippen LogP contribution < -0.4 is 5.32 Å². The normalized spacial score (nSPS) is 11.1. The Balaban J connectivity index is 1.30. The zero-order valence-electron chi connectivity index (χ0n) is 16.5. The summed E-state index contributed by atoms with van der Waals surface area (Å²) in [5, 5.41) is 3.77. The van der Waals surface area contributed by atoms with Crippen LogP contribution in [0.4, 0.5) is 0 Å². The molecular weight excluding hydrogens is 382 g/mol. The molecular formula is C22H23N5OS. The molecule has 0 saturated carbocycles. The summed E-state index contributed by atoms with van der Waals surface area (Å²) in [6.07, 6.45) is 4.36. The number of benzene rings is 2. The minimum absolute atomic E-state index is 0.0129. The van der Waals surface area contributed by atoms with Gasteiger partial charge >= 0.3 is 0 Å². The Hall–Kier alpha value is -3.06. The van der Waals surface area contributed by atoms with Crippen LogP contribution in [-0.2, 0) is 11.2 Å². The van der Waals surface area contributed by atoms with Gasteiger partial charge in [0, 0.05) is 31.0 Å². The van der Waals surface area contributed by atoms with Crippen molar-refractivity contribution >= 4 is 28.7 Å². The molecule has 0 fully saturated rings. The van der Waals surface area contributed by atoms with Crippen LogP contribution in [0, 0.1) is 13.8 Å². The number of H-pyrrole nitrogens is 1. The van der Waals surface area contributed by atoms with Gasteiger partial charge in [0.25, 0.3) is 0 Å². The molecule has 0 unspecified atom stereocenters. The summed E-state index contributed by atoms with van der Waals surface area (Å²) in [5.41, 5.74) is 5.43. The highest BCUT2D eigenvalue weighted by molar-refractivity contribution is 7.99. The Morgan fingerprint density at radius 1 is 1.17 bits per heavy atom. The number of amides is 1. The summed E-state index contributed by atoms with van der Waals surface area (Å²) >= 11 is 1.43. The summed E-state index contributed by atoms with van der Waals surface area (Å²) in [6, 6.07) is 14.3. The molecule has 7 heteroatoms. The van der Waals surface area contributed by atoms with Gasteiger partial charge in [0.15, 0.2) is 5.16 Å². The molecule has 2 aromatic carbocycles. The Kier molecular flexibility index (Phi) is 5.67. The van der Waals surface area contributed by atoms with E-state index in [1.807, 2.05) is 35.0 Å². The number of nitrogens with one attached hydrogen (secondary N) is 2. The van der Waals surface area contributed by atoms with Crippen molar-refractivity contribution in [2.75, 3.05) is 12.3 Å². The maximum Gasteiger partial charge on any atom is 0.230 e. The Bertz CT molecular complexity index is 1090. The number of rotatable bonds is 7. The van der Waals surface area contributed by atoms with Crippen molar-refractivity contribution in [2.24, 2.45) is 0 Å². The van der Waals surface area contributed by atoms with Gasteiger partial charge in [-0.05, 0) is 49.2 Å². The summed E-state index contributed by atoms with van der Waals surface area (Å²) in [6.45, 7) is 4.70. The average molecular weight is 406 g/mol. The number of fused-ring (bicyclic) bond motifs is 1. The molecule has 2 aromatic heterocycles. The lowest BCUT2D eigenvalue weighted by Gasteiger charge is -2.10. The lowest BCUT2D eigenvalue weighted by atomic mass is 10.1. The van der Waals surface area contributed by atoms with Crippen LogP contribution >= 0.6 is 11.8 Å². The Labute approximate surface area is 173 Å². The van der Waals surface area contributed by atoms with E-state index in [2.05, 4.69) is 52.3 Å². The number of carbonyl (C=O) groups is 1. The van der Waals surface area contributed by atoms with E-state index in [-0.39, 0.29) is 5.91 Å². The smallest absolute Gasteiger partial charge is 0.230 e. The predicted octanol–water partition coefficient (Wildman–Crippen LogP) is 3.82. The van der Waals surface area contributed by atoms with Gasteiger partial charge in [0.05, 0.1) is 16.8 Å². The second kappa shape index (κ2) is 8.53. The first-order valence-corrected chi connectivity index (χ1v) is 10.5. The zero-order valence-corrected chi connectivity index (χ0v) is 17.3. The van der Waals surface area contributed by atoms with Crippen molar-refractivity contribution in [1.29, 1.82) is 0 Å². The van der Waals surface area contributed by atoms with E-state index in [1.54, 1.807) is 6.20 Å². The number of nitrogens with zero attached hydrogens (tertiary/aromatic N) is 3. The van der Waals surface area contributed by atoms with Gasteiger partial charge in [-0.2, -0.15) is 0 Å². The number of aromatic amines is 1. The van der Waals surface area contributed by atoms with Crippen molar-refractivity contribution in [3.63, 3.8) is 0 Å². The van der Waals surface area contributed by atoms with Gasteiger partial charge in [-0.1, -0.05) is 30.0 Å². The van der Waals surface area contributed by atoms with E-state index in [1.165, 1.54) is 22.9 Å². The molecule has 4 rings (SSSR count). The molecule has 0 spiro atoms. The van der Waals surface area contributed by atoms with E-state index < -0.39 is 0 Å². The van der Waals surface area contributed by atoms with E-state index in [9.17, 15) is 4.79 Å². The molecule has 0 radical (unpaired) electrons. The highest BCUT2D eigenvalue weighted by Gasteiger charge is 2.10. The zero-order chi connectivity index (χ0) is 20.2. The fourth-order valence-corrected chi connectivity index (χ4v) is 4.11. The Morgan fingerprint density at radius 3 is 2.76 bits per heavy atom. The van der Waals surface area contributed by atoms with Gasteiger partial charge in [-0.25, -0.2) is 9.97 Å². The second-order valence-electron chi connectivity index (χ2n) is 7.02. The SMILES string of the molecule is Cc1cc(C)cc(-n2ccnc2SCC(=O)NCCc2nc3ccccc3[nH]2)c1. The fourth-order valence-electron chi connectivity index (χ4n) is 3.31. The first kappa shape index (κ1) is 19.3. The van der Waals surface area contributed by atoms with Gasteiger partial charge in [-0.15, -0.1) is 0 Å². The van der Waals surface area contributed by atoms with Crippen LogP contribution in [0.2, 0.25) is 0 Å².